The molecule has 2 aromatic heterocycles. The molecule has 2 fully saturated rings. The summed E-state index contributed by atoms with van der Waals surface area (Å²) in [7, 11) is 3.86. The molecule has 4 N–H and O–H groups in total. The number of imidazole rings is 1. The molecule has 14 nitrogen and oxygen atoms in total. The smallest absolute Gasteiger partial charge is 0.436 e. The van der Waals surface area contributed by atoms with Crippen molar-refractivity contribution in [2.24, 2.45) is 0 Å². The number of anilines is 1. The van der Waals surface area contributed by atoms with Crippen LogP contribution in [0.15, 0.2) is 108 Å². The van der Waals surface area contributed by atoms with Crippen molar-refractivity contribution in [2.75, 3.05) is 32.5 Å². The predicted molar refractivity (Wildman–Crippen MR) is 222 cm³/mol. The van der Waals surface area contributed by atoms with E-state index in [4.69, 9.17) is 9.40 Å². The predicted octanol–water partition coefficient (Wildman–Crippen LogP) is 8.12. The summed E-state index contributed by atoms with van der Waals surface area (Å²) in [6.07, 6.45) is 2.80. The van der Waals surface area contributed by atoms with E-state index in [9.17, 15) is 24.7 Å². The normalized spacial score (nSPS) is 19.2. The van der Waals surface area contributed by atoms with Gasteiger partial charge in [-0.2, -0.15) is 10.0 Å². The Balaban J connectivity index is 0.991. The number of nitrogens with one attached hydrogen (secondary N) is 2. The van der Waals surface area contributed by atoms with Gasteiger partial charge >= 0.3 is 6.09 Å². The number of rotatable bonds is 11. The van der Waals surface area contributed by atoms with Crippen molar-refractivity contribution in [1.82, 2.24) is 29.8 Å². The zero-order valence-corrected chi connectivity index (χ0v) is 33.6. The molecule has 3 amide bonds. The van der Waals surface area contributed by atoms with Gasteiger partial charge in [0.2, 0.25) is 17.7 Å². The minimum Gasteiger partial charge on any atom is -0.436 e. The van der Waals surface area contributed by atoms with Gasteiger partial charge in [-0.25, -0.2) is 9.97 Å². The molecule has 0 radical (unpaired) electrons. The molecule has 2 aliphatic heterocycles. The maximum Gasteiger partial charge on any atom is 0.568 e. The van der Waals surface area contributed by atoms with Gasteiger partial charge in [0.1, 0.15) is 17.9 Å². The number of fused-ring (bicyclic) bond motifs is 1. The van der Waals surface area contributed by atoms with Crippen molar-refractivity contribution in [3.63, 3.8) is 0 Å². The highest BCUT2D eigenvalue weighted by atomic mass is 16.7. The summed E-state index contributed by atoms with van der Waals surface area (Å²) < 4.78 is 4.85. The van der Waals surface area contributed by atoms with Crippen LogP contribution in [0.5, 0.6) is 0 Å². The Morgan fingerprint density at radius 1 is 0.915 bits per heavy atom. The highest BCUT2D eigenvalue weighted by Gasteiger charge is 2.55. The lowest BCUT2D eigenvalue weighted by molar-refractivity contribution is -1.15. The average molecular weight is 798 g/mol. The van der Waals surface area contributed by atoms with Crippen LogP contribution in [0, 0.1) is 6.92 Å². The minimum absolute atomic E-state index is 0.0506. The van der Waals surface area contributed by atoms with Crippen molar-refractivity contribution >= 4 is 34.6 Å². The highest BCUT2D eigenvalue weighted by Crippen LogP contribution is 2.38. The van der Waals surface area contributed by atoms with Gasteiger partial charge in [-0.1, -0.05) is 77.8 Å². The molecule has 4 aromatic carbocycles. The Labute approximate surface area is 342 Å². The van der Waals surface area contributed by atoms with Crippen LogP contribution in [0.4, 0.5) is 10.5 Å². The number of hydroxylamine groups is 2. The minimum atomic E-state index is -1.46. The third-order valence-electron chi connectivity index (χ3n) is 11.8. The quantitative estimate of drug-likeness (QED) is 0.0571. The summed E-state index contributed by atoms with van der Waals surface area (Å²) in [5, 5.41) is 26.4. The number of amides is 3. The van der Waals surface area contributed by atoms with E-state index in [-0.39, 0.29) is 18.5 Å². The molecule has 0 saturated carbocycles. The summed E-state index contributed by atoms with van der Waals surface area (Å²) in [5.74, 6) is 1.28. The third-order valence-corrected chi connectivity index (χ3v) is 11.8. The molecule has 0 bridgehead atoms. The molecule has 8 rings (SSSR count). The molecule has 2 saturated heterocycles. The maximum atomic E-state index is 14.0. The Bertz CT molecular complexity index is 2490. The summed E-state index contributed by atoms with van der Waals surface area (Å²) in [6.45, 7) is 4.40. The summed E-state index contributed by atoms with van der Waals surface area (Å²) >= 11 is 0. The first-order valence-corrected chi connectivity index (χ1v) is 20.0. The van der Waals surface area contributed by atoms with E-state index in [1.54, 1.807) is 43.5 Å². The number of H-pyrrole nitrogens is 1. The van der Waals surface area contributed by atoms with E-state index in [0.717, 1.165) is 46.4 Å². The number of nitrogens with zero attached hydrogens (tertiary/aromatic N) is 6. The van der Waals surface area contributed by atoms with Crippen molar-refractivity contribution in [3.8, 4) is 22.8 Å². The number of aryl methyl sites for hydroxylation is 1. The van der Waals surface area contributed by atoms with Gasteiger partial charge in [-0.15, -0.1) is 0 Å². The molecule has 5 atom stereocenters. The molecule has 4 heterocycles. The van der Waals surface area contributed by atoms with Crippen LogP contribution >= 0.6 is 0 Å². The van der Waals surface area contributed by atoms with Crippen molar-refractivity contribution in [2.45, 2.75) is 63.7 Å². The standard InChI is InChI=1S/C45H48N8O6/c1-28-19-20-32(25-35(28)49-42(54)38-18-12-24-52(38)53(58,45(56)57)29(2)30-13-7-5-8-14-30)39-27-46-43(59-39)33-21-22-34-36(26-33)48-41(47-34)37-17-11-23-51(37)44(55)40(50(3)4)31-15-9-6-10-16-31/h5-10,13-16,19-22,25-27,29,37-38,40,58H,11-12,17-18,23-24H2,1-4H3,(H2-,46,47,48,49,54,56,57)/p+1. The van der Waals surface area contributed by atoms with Crippen LogP contribution in [-0.2, 0) is 9.59 Å². The maximum absolute atomic E-state index is 14.0. The van der Waals surface area contributed by atoms with Crippen LogP contribution in [-0.4, -0.2) is 96.0 Å². The zero-order chi connectivity index (χ0) is 41.4. The SMILES string of the molecule is Cc1ccc(-c2cnc(-c3ccc4nc(C5CCCN5C(=O)C(c5ccccc5)N(C)C)[nH]c4c3)o2)cc1NC(=O)C1CCCN1[N+](O)(C(=O)O)C(C)c1ccccc1. The summed E-state index contributed by atoms with van der Waals surface area (Å²) in [5.41, 5.74) is 5.92. The second-order valence-electron chi connectivity index (χ2n) is 15.7. The molecular weight excluding hydrogens is 749 g/mol. The lowest BCUT2D eigenvalue weighted by atomic mass is 10.0. The third kappa shape index (κ3) is 7.51. The average Bonchev–Trinajstić information content (AvgIpc) is 4.08. The molecule has 5 unspecified atom stereocenters. The number of benzene rings is 4. The Hall–Kier alpha value is -6.19. The van der Waals surface area contributed by atoms with Gasteiger partial charge in [-0.3, -0.25) is 14.5 Å². The Morgan fingerprint density at radius 2 is 1.61 bits per heavy atom. The number of hydrogen-bond donors (Lipinski definition) is 4. The van der Waals surface area contributed by atoms with E-state index in [1.165, 1.54) is 5.01 Å². The second kappa shape index (κ2) is 16.2. The van der Waals surface area contributed by atoms with Crippen molar-refractivity contribution in [1.29, 1.82) is 0 Å². The number of oxazole rings is 1. The fraction of sp³-hybridized carbons (Fsp3) is 0.311. The summed E-state index contributed by atoms with van der Waals surface area (Å²) in [4.78, 5) is 57.4. The fourth-order valence-electron chi connectivity index (χ4n) is 8.58. The lowest BCUT2D eigenvalue weighted by Gasteiger charge is -2.38. The number of hydrogen-bond acceptors (Lipinski definition) is 9. The molecule has 0 spiro atoms. The second-order valence-corrected chi connectivity index (χ2v) is 15.7. The van der Waals surface area contributed by atoms with Gasteiger partial charge in [0.05, 0.1) is 29.8 Å². The van der Waals surface area contributed by atoms with Crippen LogP contribution in [0.2, 0.25) is 0 Å². The van der Waals surface area contributed by atoms with E-state index in [1.807, 2.05) is 97.5 Å². The zero-order valence-electron chi connectivity index (χ0n) is 33.6. The Kier molecular flexibility index (Phi) is 10.9. The van der Waals surface area contributed by atoms with E-state index < -0.39 is 34.9 Å². The van der Waals surface area contributed by atoms with Gasteiger partial charge in [-0.05, 0) is 89.0 Å². The molecule has 0 aliphatic carbocycles. The largest absolute Gasteiger partial charge is 0.568 e. The monoisotopic (exact) mass is 797 g/mol. The highest BCUT2D eigenvalue weighted by molar-refractivity contribution is 5.96. The molecule has 14 heteroatoms. The van der Waals surface area contributed by atoms with E-state index in [0.29, 0.717) is 47.9 Å². The fourth-order valence-corrected chi connectivity index (χ4v) is 8.58. The van der Waals surface area contributed by atoms with Crippen LogP contribution in [0.3, 0.4) is 0 Å². The molecule has 304 valence electrons. The number of quaternary nitrogens is 1. The summed E-state index contributed by atoms with van der Waals surface area (Å²) in [6, 6.07) is 27.8. The van der Waals surface area contributed by atoms with Gasteiger partial charge in [0.15, 0.2) is 11.8 Å². The van der Waals surface area contributed by atoms with Crippen molar-refractivity contribution in [3.05, 3.63) is 126 Å². The number of carbonyl (C=O) groups excluding carboxylic acids is 2. The van der Waals surface area contributed by atoms with E-state index in [2.05, 4.69) is 15.3 Å². The van der Waals surface area contributed by atoms with Gasteiger partial charge < -0.3 is 24.7 Å². The van der Waals surface area contributed by atoms with E-state index >= 15 is 0 Å². The van der Waals surface area contributed by atoms with Gasteiger partial charge in [0, 0.05) is 33.7 Å². The number of carboxylic acid groups (broad SMARTS) is 1. The topological polar surface area (TPSA) is 168 Å². The first-order valence-electron chi connectivity index (χ1n) is 20.0. The number of carbonyl (C=O) groups is 3. The lowest BCUT2D eigenvalue weighted by Crippen LogP contribution is -2.65. The van der Waals surface area contributed by atoms with Crippen LogP contribution in [0.25, 0.3) is 33.8 Å². The molecule has 59 heavy (non-hydrogen) atoms. The number of aromatic amines is 1. The first kappa shape index (κ1) is 39.6. The molecular formula is C45H49N8O6+. The van der Waals surface area contributed by atoms with Crippen molar-refractivity contribution < 1.29 is 33.9 Å². The first-order chi connectivity index (χ1) is 28.4. The van der Waals surface area contributed by atoms with Crippen LogP contribution < -0.4 is 5.32 Å². The molecule has 2 aliphatic rings. The van der Waals surface area contributed by atoms with Gasteiger partial charge in [0.25, 0.3) is 0 Å². The van der Waals surface area contributed by atoms with Crippen LogP contribution in [0.1, 0.15) is 73.2 Å². The molecule has 6 aromatic rings. The number of likely N-dealkylation sites (N-methyl/N-ethyl adjacent to an activating group) is 1. The Morgan fingerprint density at radius 3 is 2.32 bits per heavy atom. The number of likely N-dealkylation sites (tertiary alicyclic amines) is 1. The number of aromatic nitrogens is 3.